The highest BCUT2D eigenvalue weighted by Gasteiger charge is 2.18. The summed E-state index contributed by atoms with van der Waals surface area (Å²) >= 11 is 0. The van der Waals surface area contributed by atoms with E-state index < -0.39 is 0 Å². The number of anilines is 1. The summed E-state index contributed by atoms with van der Waals surface area (Å²) in [7, 11) is 0. The summed E-state index contributed by atoms with van der Waals surface area (Å²) in [6.07, 6.45) is 8.03. The third-order valence-corrected chi connectivity index (χ3v) is 6.16. The maximum absolute atomic E-state index is 12.5. The Labute approximate surface area is 173 Å². The summed E-state index contributed by atoms with van der Waals surface area (Å²) in [6, 6.07) is 1.71. The number of ether oxygens (including phenoxy) is 1. The molecule has 0 amide bonds. The smallest absolute Gasteiger partial charge is 0.327 e. The zero-order valence-electron chi connectivity index (χ0n) is 18.2. The molecule has 7 heteroatoms. The average molecular weight is 404 g/mol. The van der Waals surface area contributed by atoms with Crippen molar-refractivity contribution in [1.82, 2.24) is 19.4 Å². The molecule has 1 aliphatic rings. The topological polar surface area (TPSA) is 89.2 Å². The molecule has 1 saturated heterocycles. The first-order valence-corrected chi connectivity index (χ1v) is 11.3. The lowest BCUT2D eigenvalue weighted by Crippen LogP contribution is -2.33. The quantitative estimate of drug-likeness (QED) is 0.589. The van der Waals surface area contributed by atoms with Crippen LogP contribution in [0.5, 0.6) is 5.88 Å². The number of aryl methyl sites for hydroxylation is 1. The lowest BCUT2D eigenvalue weighted by Gasteiger charge is -2.31. The molecular weight excluding hydrogens is 366 g/mol. The number of fused-ring (bicyclic) bond motifs is 1. The first-order valence-electron chi connectivity index (χ1n) is 11.3. The molecule has 0 saturated carbocycles. The van der Waals surface area contributed by atoms with E-state index in [4.69, 9.17) is 10.5 Å². The van der Waals surface area contributed by atoms with E-state index in [-0.39, 0.29) is 11.8 Å². The maximum atomic E-state index is 12.5. The minimum Gasteiger partial charge on any atom is -0.475 e. The predicted molar refractivity (Wildman–Crippen MR) is 118 cm³/mol. The minimum absolute atomic E-state index is 0.0718. The lowest BCUT2D eigenvalue weighted by molar-refractivity contribution is 0.184. The standard InChI is InChI=1S/C22H37N5O2/c1-4-8-16(3)29-19-15-18(23)20-21(24-19)27(22(28)25-20)12-7-6-9-17-10-13-26(5-2)14-11-17/h15-17H,4-14H2,1-3H3,(H2,23,24)(H,25,28)/t16-/m0/s1. The van der Waals surface area contributed by atoms with Gasteiger partial charge in [0.1, 0.15) is 5.52 Å². The number of hydrogen-bond acceptors (Lipinski definition) is 5. The van der Waals surface area contributed by atoms with E-state index in [9.17, 15) is 4.79 Å². The number of hydrogen-bond donors (Lipinski definition) is 2. The molecule has 3 N–H and O–H groups in total. The first-order chi connectivity index (χ1) is 14.0. The second kappa shape index (κ2) is 10.1. The number of likely N-dealkylation sites (tertiary alicyclic amines) is 1. The molecule has 3 rings (SSSR count). The predicted octanol–water partition coefficient (Wildman–Crippen LogP) is 3.78. The van der Waals surface area contributed by atoms with Crippen molar-refractivity contribution in [2.75, 3.05) is 25.4 Å². The van der Waals surface area contributed by atoms with E-state index in [1.165, 1.54) is 32.4 Å². The van der Waals surface area contributed by atoms with Crippen LogP contribution in [0.3, 0.4) is 0 Å². The van der Waals surface area contributed by atoms with Crippen LogP contribution < -0.4 is 16.2 Å². The van der Waals surface area contributed by atoms with Gasteiger partial charge in [-0.2, -0.15) is 4.98 Å². The van der Waals surface area contributed by atoms with Crippen LogP contribution in [0.15, 0.2) is 10.9 Å². The number of rotatable bonds is 10. The Bertz CT molecular complexity index is 836. The number of aromatic amines is 1. The van der Waals surface area contributed by atoms with E-state index >= 15 is 0 Å². The van der Waals surface area contributed by atoms with E-state index in [0.29, 0.717) is 29.3 Å². The van der Waals surface area contributed by atoms with Gasteiger partial charge in [-0.25, -0.2) is 4.79 Å². The van der Waals surface area contributed by atoms with Crippen molar-refractivity contribution in [3.63, 3.8) is 0 Å². The molecule has 3 heterocycles. The van der Waals surface area contributed by atoms with Crippen molar-refractivity contribution in [3.8, 4) is 5.88 Å². The number of piperidine rings is 1. The molecule has 0 unspecified atom stereocenters. The fourth-order valence-electron chi connectivity index (χ4n) is 4.35. The summed E-state index contributed by atoms with van der Waals surface area (Å²) in [6.45, 7) is 10.7. The number of nitrogens with zero attached hydrogens (tertiary/aromatic N) is 3. The van der Waals surface area contributed by atoms with Gasteiger partial charge < -0.3 is 20.4 Å². The molecule has 0 aliphatic carbocycles. The van der Waals surface area contributed by atoms with Gasteiger partial charge in [-0.15, -0.1) is 0 Å². The van der Waals surface area contributed by atoms with Gasteiger partial charge in [0.15, 0.2) is 5.65 Å². The molecular formula is C22H37N5O2. The van der Waals surface area contributed by atoms with E-state index in [0.717, 1.165) is 38.1 Å². The van der Waals surface area contributed by atoms with Gasteiger partial charge in [0.2, 0.25) is 5.88 Å². The molecule has 1 atom stereocenters. The third kappa shape index (κ3) is 5.53. The van der Waals surface area contributed by atoms with Crippen LogP contribution >= 0.6 is 0 Å². The number of H-pyrrole nitrogens is 1. The first kappa shape index (κ1) is 21.7. The Balaban J connectivity index is 1.60. The van der Waals surface area contributed by atoms with Gasteiger partial charge in [-0.05, 0) is 58.2 Å². The molecule has 162 valence electrons. The number of pyridine rings is 1. The third-order valence-electron chi connectivity index (χ3n) is 6.16. The van der Waals surface area contributed by atoms with Crippen molar-refractivity contribution in [1.29, 1.82) is 0 Å². The number of nitrogens with two attached hydrogens (primary N) is 1. The molecule has 0 aromatic carbocycles. The van der Waals surface area contributed by atoms with Gasteiger partial charge in [-0.1, -0.05) is 33.1 Å². The molecule has 0 spiro atoms. The maximum Gasteiger partial charge on any atom is 0.327 e. The summed E-state index contributed by atoms with van der Waals surface area (Å²) in [4.78, 5) is 22.4. The van der Waals surface area contributed by atoms with E-state index in [1.54, 1.807) is 10.6 Å². The van der Waals surface area contributed by atoms with Gasteiger partial charge in [0, 0.05) is 12.6 Å². The second-order valence-corrected chi connectivity index (χ2v) is 8.42. The van der Waals surface area contributed by atoms with E-state index in [2.05, 4.69) is 28.7 Å². The molecule has 7 nitrogen and oxygen atoms in total. The number of imidazole rings is 1. The van der Waals surface area contributed by atoms with Crippen LogP contribution in [-0.4, -0.2) is 45.2 Å². The van der Waals surface area contributed by atoms with Crippen LogP contribution in [0.4, 0.5) is 5.69 Å². The summed E-state index contributed by atoms with van der Waals surface area (Å²) in [5.74, 6) is 1.32. The van der Waals surface area contributed by atoms with Crippen molar-refractivity contribution < 1.29 is 4.74 Å². The highest BCUT2D eigenvalue weighted by Crippen LogP contribution is 2.25. The summed E-state index contributed by atoms with van der Waals surface area (Å²) < 4.78 is 7.62. The number of nitrogen functional groups attached to an aromatic ring is 1. The molecule has 29 heavy (non-hydrogen) atoms. The van der Waals surface area contributed by atoms with E-state index in [1.807, 2.05) is 6.92 Å². The normalized spacial score (nSPS) is 17.1. The largest absolute Gasteiger partial charge is 0.475 e. The highest BCUT2D eigenvalue weighted by molar-refractivity contribution is 5.84. The zero-order valence-corrected chi connectivity index (χ0v) is 18.2. The van der Waals surface area contributed by atoms with Crippen LogP contribution in [-0.2, 0) is 6.54 Å². The fraction of sp³-hybridized carbons (Fsp3) is 0.727. The van der Waals surface area contributed by atoms with Gasteiger partial charge in [0.05, 0.1) is 11.8 Å². The molecule has 2 aromatic heterocycles. The minimum atomic E-state index is -0.144. The Kier molecular flexibility index (Phi) is 7.58. The Hall–Kier alpha value is -2.02. The fourth-order valence-corrected chi connectivity index (χ4v) is 4.35. The molecule has 0 bridgehead atoms. The van der Waals surface area contributed by atoms with Gasteiger partial charge in [0.25, 0.3) is 0 Å². The average Bonchev–Trinajstić information content (AvgIpc) is 3.02. The Morgan fingerprint density at radius 1 is 1.31 bits per heavy atom. The van der Waals surface area contributed by atoms with Crippen LogP contribution in [0.2, 0.25) is 0 Å². The van der Waals surface area contributed by atoms with Crippen LogP contribution in [0.1, 0.15) is 65.7 Å². The van der Waals surface area contributed by atoms with Crippen LogP contribution in [0.25, 0.3) is 11.2 Å². The monoisotopic (exact) mass is 403 g/mol. The molecule has 1 aliphatic heterocycles. The Morgan fingerprint density at radius 3 is 2.76 bits per heavy atom. The van der Waals surface area contributed by atoms with Crippen molar-refractivity contribution in [2.45, 2.75) is 78.4 Å². The number of aromatic nitrogens is 3. The van der Waals surface area contributed by atoms with Crippen molar-refractivity contribution in [3.05, 3.63) is 16.6 Å². The lowest BCUT2D eigenvalue weighted by atomic mass is 9.91. The van der Waals surface area contributed by atoms with Crippen molar-refractivity contribution >= 4 is 16.9 Å². The van der Waals surface area contributed by atoms with Crippen LogP contribution in [0, 0.1) is 5.92 Å². The number of nitrogens with one attached hydrogen (secondary N) is 1. The van der Waals surface area contributed by atoms with Gasteiger partial charge in [-0.3, -0.25) is 4.57 Å². The SMILES string of the molecule is CCC[C@H](C)Oc1cc(N)c2[nH]c(=O)n(CCCCC3CCN(CC)CC3)c2n1. The zero-order chi connectivity index (χ0) is 20.8. The Morgan fingerprint density at radius 2 is 2.07 bits per heavy atom. The highest BCUT2D eigenvalue weighted by atomic mass is 16.5. The summed E-state index contributed by atoms with van der Waals surface area (Å²) in [5, 5.41) is 0. The second-order valence-electron chi connectivity index (χ2n) is 8.42. The summed E-state index contributed by atoms with van der Waals surface area (Å²) in [5.41, 5.74) is 7.73. The molecule has 2 aromatic rings. The molecule has 0 radical (unpaired) electrons. The van der Waals surface area contributed by atoms with Gasteiger partial charge >= 0.3 is 5.69 Å². The molecule has 1 fully saturated rings. The van der Waals surface area contributed by atoms with Crippen molar-refractivity contribution in [2.24, 2.45) is 5.92 Å². The number of unbranched alkanes of at least 4 members (excludes halogenated alkanes) is 1.